The van der Waals surface area contributed by atoms with E-state index in [1.54, 1.807) is 30.3 Å². The highest BCUT2D eigenvalue weighted by Gasteiger charge is 2.43. The maximum absolute atomic E-state index is 12.9. The molecule has 0 N–H and O–H groups in total. The number of anilines is 2. The van der Waals surface area contributed by atoms with Gasteiger partial charge in [0.1, 0.15) is 5.03 Å². The minimum absolute atomic E-state index is 0.0438. The standard InChI is InChI=1S/C19H22N4O3S2/c1-21-16-7-3-4-8-17(16)23(28(21,25)26)14-9-12-22(13-10-14)19(24)15-6-5-11-20-18(15)27-2/h3-8,11,14H,9-10,12-13H2,1-2H3. The van der Waals surface area contributed by atoms with Crippen LogP contribution in [0.4, 0.5) is 11.4 Å². The predicted octanol–water partition coefficient (Wildman–Crippen LogP) is 2.61. The molecule has 1 saturated heterocycles. The second kappa shape index (κ2) is 7.29. The van der Waals surface area contributed by atoms with E-state index < -0.39 is 10.2 Å². The lowest BCUT2D eigenvalue weighted by atomic mass is 10.0. The molecule has 0 aliphatic carbocycles. The minimum Gasteiger partial charge on any atom is -0.338 e. The first-order valence-corrected chi connectivity index (χ1v) is 11.7. The van der Waals surface area contributed by atoms with Crippen LogP contribution < -0.4 is 8.61 Å². The highest BCUT2D eigenvalue weighted by atomic mass is 32.2. The smallest absolute Gasteiger partial charge is 0.326 e. The van der Waals surface area contributed by atoms with Crippen LogP contribution >= 0.6 is 11.8 Å². The lowest BCUT2D eigenvalue weighted by Crippen LogP contribution is -2.49. The lowest BCUT2D eigenvalue weighted by molar-refractivity contribution is 0.0711. The monoisotopic (exact) mass is 418 g/mol. The molecule has 1 fully saturated rings. The summed E-state index contributed by atoms with van der Waals surface area (Å²) < 4.78 is 28.7. The number of thioether (sulfide) groups is 1. The summed E-state index contributed by atoms with van der Waals surface area (Å²) in [6.07, 6.45) is 4.78. The molecule has 148 valence electrons. The van der Waals surface area contributed by atoms with Gasteiger partial charge < -0.3 is 4.90 Å². The van der Waals surface area contributed by atoms with Crippen molar-refractivity contribution in [1.82, 2.24) is 9.88 Å². The van der Waals surface area contributed by atoms with Crippen LogP contribution in [0, 0.1) is 0 Å². The molecule has 7 nitrogen and oxygen atoms in total. The number of para-hydroxylation sites is 2. The third-order valence-electron chi connectivity index (χ3n) is 5.33. The molecule has 0 radical (unpaired) electrons. The zero-order chi connectivity index (χ0) is 19.9. The molecule has 0 atom stereocenters. The van der Waals surface area contributed by atoms with Crippen molar-refractivity contribution < 1.29 is 13.2 Å². The largest absolute Gasteiger partial charge is 0.338 e. The molecule has 0 unspecified atom stereocenters. The van der Waals surface area contributed by atoms with Gasteiger partial charge in [0, 0.05) is 26.3 Å². The Morgan fingerprint density at radius 1 is 1.11 bits per heavy atom. The van der Waals surface area contributed by atoms with E-state index in [9.17, 15) is 13.2 Å². The van der Waals surface area contributed by atoms with Gasteiger partial charge in [-0.2, -0.15) is 8.42 Å². The van der Waals surface area contributed by atoms with E-state index in [-0.39, 0.29) is 11.9 Å². The Morgan fingerprint density at radius 2 is 1.79 bits per heavy atom. The topological polar surface area (TPSA) is 73.8 Å². The van der Waals surface area contributed by atoms with Crippen LogP contribution in [0.1, 0.15) is 23.2 Å². The number of aromatic nitrogens is 1. The molecule has 4 rings (SSSR count). The molecule has 28 heavy (non-hydrogen) atoms. The molecule has 2 aromatic rings. The van der Waals surface area contributed by atoms with Crippen molar-refractivity contribution in [2.45, 2.75) is 23.9 Å². The molecule has 0 spiro atoms. The van der Waals surface area contributed by atoms with E-state index in [0.717, 1.165) is 0 Å². The molecule has 3 heterocycles. The number of pyridine rings is 1. The Balaban J connectivity index is 1.53. The van der Waals surface area contributed by atoms with Crippen molar-refractivity contribution in [3.8, 4) is 0 Å². The summed E-state index contributed by atoms with van der Waals surface area (Å²) in [7, 11) is -1.99. The Hall–Kier alpha value is -2.26. The molecule has 0 saturated carbocycles. The summed E-state index contributed by atoms with van der Waals surface area (Å²) in [5.74, 6) is -0.0438. The van der Waals surface area contributed by atoms with Crippen molar-refractivity contribution in [3.05, 3.63) is 48.2 Å². The number of likely N-dealkylation sites (tertiary alicyclic amines) is 1. The van der Waals surface area contributed by atoms with Gasteiger partial charge in [-0.1, -0.05) is 12.1 Å². The molecule has 2 aliphatic heterocycles. The summed E-state index contributed by atoms with van der Waals surface area (Å²) in [4.78, 5) is 19.0. The molecular formula is C19H22N4O3S2. The fraction of sp³-hybridized carbons (Fsp3) is 0.368. The average molecular weight is 419 g/mol. The number of piperidine rings is 1. The average Bonchev–Trinajstić information content (AvgIpc) is 2.93. The Bertz CT molecular complexity index is 1000. The van der Waals surface area contributed by atoms with Crippen LogP contribution in [0.3, 0.4) is 0 Å². The number of amides is 1. The van der Waals surface area contributed by atoms with E-state index in [0.29, 0.717) is 47.9 Å². The summed E-state index contributed by atoms with van der Waals surface area (Å²) in [5, 5.41) is 0.715. The zero-order valence-electron chi connectivity index (χ0n) is 15.8. The van der Waals surface area contributed by atoms with Gasteiger partial charge in [-0.05, 0) is 43.4 Å². The SMILES string of the molecule is CSc1ncccc1C(=O)N1CCC(N2c3ccccc3N(C)S2(=O)=O)CC1. The van der Waals surface area contributed by atoms with E-state index in [1.165, 1.54) is 20.4 Å². The lowest BCUT2D eigenvalue weighted by Gasteiger charge is -2.37. The molecular weight excluding hydrogens is 396 g/mol. The molecule has 2 aliphatic rings. The highest BCUT2D eigenvalue weighted by molar-refractivity contribution is 7.98. The number of hydrogen-bond acceptors (Lipinski definition) is 5. The number of rotatable bonds is 3. The number of carbonyl (C=O) groups is 1. The second-order valence-electron chi connectivity index (χ2n) is 6.84. The van der Waals surface area contributed by atoms with Crippen molar-refractivity contribution in [1.29, 1.82) is 0 Å². The Morgan fingerprint density at radius 3 is 2.46 bits per heavy atom. The van der Waals surface area contributed by atoms with Crippen LogP contribution in [-0.2, 0) is 10.2 Å². The van der Waals surface area contributed by atoms with Gasteiger partial charge in [0.2, 0.25) is 0 Å². The number of fused-ring (bicyclic) bond motifs is 1. The fourth-order valence-corrected chi connectivity index (χ4v) is 6.07. The summed E-state index contributed by atoms with van der Waals surface area (Å²) in [6.45, 7) is 1.04. The van der Waals surface area contributed by atoms with Crippen molar-refractivity contribution >= 4 is 39.3 Å². The number of benzene rings is 1. The van der Waals surface area contributed by atoms with Crippen LogP contribution in [0.5, 0.6) is 0 Å². The van der Waals surface area contributed by atoms with Gasteiger partial charge in [-0.15, -0.1) is 11.8 Å². The molecule has 1 amide bonds. The fourth-order valence-electron chi connectivity index (χ4n) is 3.87. The number of nitrogens with zero attached hydrogens (tertiary/aromatic N) is 4. The predicted molar refractivity (Wildman–Crippen MR) is 111 cm³/mol. The summed E-state index contributed by atoms with van der Waals surface area (Å²) >= 11 is 1.45. The van der Waals surface area contributed by atoms with Crippen LogP contribution in [0.25, 0.3) is 0 Å². The zero-order valence-corrected chi connectivity index (χ0v) is 17.4. The van der Waals surface area contributed by atoms with Crippen LogP contribution in [-0.4, -0.2) is 56.6 Å². The minimum atomic E-state index is -3.58. The molecule has 1 aromatic carbocycles. The van der Waals surface area contributed by atoms with Gasteiger partial charge >= 0.3 is 10.2 Å². The van der Waals surface area contributed by atoms with E-state index in [2.05, 4.69) is 4.98 Å². The first-order chi connectivity index (χ1) is 13.4. The van der Waals surface area contributed by atoms with Crippen molar-refractivity contribution in [3.63, 3.8) is 0 Å². The quantitative estimate of drug-likeness (QED) is 0.717. The van der Waals surface area contributed by atoms with Crippen LogP contribution in [0.2, 0.25) is 0 Å². The van der Waals surface area contributed by atoms with Gasteiger partial charge in [-0.25, -0.2) is 9.29 Å². The van der Waals surface area contributed by atoms with E-state index >= 15 is 0 Å². The van der Waals surface area contributed by atoms with Crippen molar-refractivity contribution in [2.75, 3.05) is 35.0 Å². The Labute approximate surface area is 169 Å². The maximum atomic E-state index is 12.9. The second-order valence-corrected chi connectivity index (χ2v) is 9.48. The summed E-state index contributed by atoms with van der Waals surface area (Å²) in [6, 6.07) is 10.8. The number of carbonyl (C=O) groups excluding carboxylic acids is 1. The van der Waals surface area contributed by atoms with Gasteiger partial charge in [0.05, 0.1) is 23.0 Å². The molecule has 1 aromatic heterocycles. The molecule has 0 bridgehead atoms. The third kappa shape index (κ3) is 3.02. The van der Waals surface area contributed by atoms with E-state index in [1.807, 2.05) is 30.5 Å². The third-order valence-corrected chi connectivity index (χ3v) is 7.92. The Kier molecular flexibility index (Phi) is 4.96. The van der Waals surface area contributed by atoms with Gasteiger partial charge in [0.15, 0.2) is 0 Å². The summed E-state index contributed by atoms with van der Waals surface area (Å²) in [5.41, 5.74) is 2.01. The number of hydrogen-bond donors (Lipinski definition) is 0. The van der Waals surface area contributed by atoms with E-state index in [4.69, 9.17) is 0 Å². The first kappa shape index (κ1) is 19.1. The normalized spacial score (nSPS) is 19.0. The van der Waals surface area contributed by atoms with Crippen LogP contribution in [0.15, 0.2) is 47.6 Å². The highest BCUT2D eigenvalue weighted by Crippen LogP contribution is 2.42. The van der Waals surface area contributed by atoms with Gasteiger partial charge in [-0.3, -0.25) is 9.10 Å². The van der Waals surface area contributed by atoms with Crippen molar-refractivity contribution in [2.24, 2.45) is 0 Å². The van der Waals surface area contributed by atoms with Gasteiger partial charge in [0.25, 0.3) is 5.91 Å². The first-order valence-electron chi connectivity index (χ1n) is 9.10. The maximum Gasteiger partial charge on any atom is 0.326 e. The molecule has 9 heteroatoms.